The fourth-order valence-corrected chi connectivity index (χ4v) is 2.65. The first kappa shape index (κ1) is 20.2. The average molecular weight is 374 g/mol. The molecule has 0 heterocycles. The molecule has 0 aliphatic rings. The molecular formula is C19H24N3O5+. The Morgan fingerprint density at radius 3 is 2.56 bits per heavy atom. The van der Waals surface area contributed by atoms with Crippen LogP contribution >= 0.6 is 0 Å². The Labute approximate surface area is 157 Å². The van der Waals surface area contributed by atoms with E-state index < -0.39 is 11.0 Å². The summed E-state index contributed by atoms with van der Waals surface area (Å²) in [4.78, 5) is 24.1. The second kappa shape index (κ2) is 9.00. The summed E-state index contributed by atoms with van der Waals surface area (Å²) < 4.78 is 10.6. The molecule has 0 fully saturated rings. The fourth-order valence-electron chi connectivity index (χ4n) is 2.65. The normalized spacial score (nSPS) is 12.7. The number of methoxy groups -OCH3 is 2. The summed E-state index contributed by atoms with van der Waals surface area (Å²) in [7, 11) is 5.05. The first-order valence-corrected chi connectivity index (χ1v) is 8.44. The van der Waals surface area contributed by atoms with E-state index in [1.165, 1.54) is 12.1 Å². The van der Waals surface area contributed by atoms with Crippen LogP contribution in [0.15, 0.2) is 42.5 Å². The third-order valence-corrected chi connectivity index (χ3v) is 4.45. The number of ether oxygens (including phenoxy) is 2. The van der Waals surface area contributed by atoms with E-state index >= 15 is 0 Å². The lowest BCUT2D eigenvalue weighted by atomic mass is 10.1. The molecule has 1 unspecified atom stereocenters. The molecule has 0 aliphatic carbocycles. The van der Waals surface area contributed by atoms with E-state index in [9.17, 15) is 14.9 Å². The molecule has 2 aromatic rings. The number of nitrogens with zero attached hydrogens (tertiary/aromatic N) is 1. The average Bonchev–Trinajstić information content (AvgIpc) is 2.67. The highest BCUT2D eigenvalue weighted by Gasteiger charge is 2.25. The monoisotopic (exact) mass is 374 g/mol. The molecule has 0 spiro atoms. The van der Waals surface area contributed by atoms with Crippen LogP contribution in [-0.2, 0) is 11.3 Å². The number of quaternary nitrogens is 1. The van der Waals surface area contributed by atoms with Gasteiger partial charge < -0.3 is 19.7 Å². The number of anilines is 1. The van der Waals surface area contributed by atoms with Gasteiger partial charge in [-0.05, 0) is 25.1 Å². The van der Waals surface area contributed by atoms with Gasteiger partial charge in [0.1, 0.15) is 23.7 Å². The highest BCUT2D eigenvalue weighted by molar-refractivity contribution is 5.95. The standard InChI is InChI=1S/C19H23N3O5/c1-13(19(23)20-16-7-5-6-8-17(16)22(24)25)21(2)12-14-9-10-15(26-3)11-18(14)27-4/h5-11,13H,12H2,1-4H3,(H,20,23)/p+1/t13-/m0/s1. The lowest BCUT2D eigenvalue weighted by Gasteiger charge is -2.22. The molecule has 2 N–H and O–H groups in total. The summed E-state index contributed by atoms with van der Waals surface area (Å²) >= 11 is 0. The minimum Gasteiger partial charge on any atom is -0.497 e. The minimum absolute atomic E-state index is 0.132. The summed E-state index contributed by atoms with van der Waals surface area (Å²) in [6.45, 7) is 2.31. The topological polar surface area (TPSA) is 95.1 Å². The third kappa shape index (κ3) is 4.95. The lowest BCUT2D eigenvalue weighted by molar-refractivity contribution is -0.907. The summed E-state index contributed by atoms with van der Waals surface area (Å²) in [6, 6.07) is 11.2. The van der Waals surface area contributed by atoms with E-state index in [4.69, 9.17) is 9.47 Å². The zero-order valence-electron chi connectivity index (χ0n) is 15.8. The van der Waals surface area contributed by atoms with E-state index in [-0.39, 0.29) is 17.3 Å². The third-order valence-electron chi connectivity index (χ3n) is 4.45. The Morgan fingerprint density at radius 1 is 1.22 bits per heavy atom. The molecule has 8 nitrogen and oxygen atoms in total. The van der Waals surface area contributed by atoms with Gasteiger partial charge in [0.15, 0.2) is 6.04 Å². The Kier molecular flexibility index (Phi) is 6.73. The van der Waals surface area contributed by atoms with Gasteiger partial charge in [-0.1, -0.05) is 12.1 Å². The molecule has 0 radical (unpaired) electrons. The van der Waals surface area contributed by atoms with Gasteiger partial charge in [-0.25, -0.2) is 0 Å². The van der Waals surface area contributed by atoms with Gasteiger partial charge in [0.05, 0.1) is 26.2 Å². The molecule has 144 valence electrons. The second-order valence-corrected chi connectivity index (χ2v) is 6.19. The number of carbonyl (C=O) groups is 1. The molecule has 2 atom stereocenters. The van der Waals surface area contributed by atoms with E-state index in [1.54, 1.807) is 39.3 Å². The van der Waals surface area contributed by atoms with E-state index in [0.717, 1.165) is 10.5 Å². The maximum absolute atomic E-state index is 12.6. The van der Waals surface area contributed by atoms with Crippen molar-refractivity contribution in [1.82, 2.24) is 0 Å². The predicted octanol–water partition coefficient (Wildman–Crippen LogP) is 1.65. The molecule has 0 saturated heterocycles. The van der Waals surface area contributed by atoms with Crippen molar-refractivity contribution in [3.05, 3.63) is 58.1 Å². The van der Waals surface area contributed by atoms with E-state index in [0.29, 0.717) is 18.0 Å². The maximum Gasteiger partial charge on any atom is 0.292 e. The maximum atomic E-state index is 12.6. The molecule has 2 aromatic carbocycles. The highest BCUT2D eigenvalue weighted by atomic mass is 16.6. The molecular weight excluding hydrogens is 350 g/mol. The molecule has 0 aliphatic heterocycles. The number of hydrogen-bond acceptors (Lipinski definition) is 5. The second-order valence-electron chi connectivity index (χ2n) is 6.19. The number of carbonyl (C=O) groups excluding carboxylic acids is 1. The number of benzene rings is 2. The number of nitro benzene ring substituents is 1. The SMILES string of the molecule is COc1ccc(C[NH+](C)[C@@H](C)C(=O)Nc2ccccc2[N+](=O)[O-])c(OC)c1. The van der Waals surface area contributed by atoms with Crippen molar-refractivity contribution in [3.63, 3.8) is 0 Å². The summed E-state index contributed by atoms with van der Waals surface area (Å²) in [5, 5.41) is 13.7. The first-order valence-electron chi connectivity index (χ1n) is 8.44. The van der Waals surface area contributed by atoms with Crippen LogP contribution in [-0.4, -0.2) is 38.1 Å². The van der Waals surface area contributed by atoms with Crippen LogP contribution in [0.4, 0.5) is 11.4 Å². The summed E-state index contributed by atoms with van der Waals surface area (Å²) in [6.07, 6.45) is 0. The smallest absolute Gasteiger partial charge is 0.292 e. The molecule has 8 heteroatoms. The van der Waals surface area contributed by atoms with Gasteiger partial charge in [0.2, 0.25) is 0 Å². The van der Waals surface area contributed by atoms with Crippen molar-refractivity contribution in [2.45, 2.75) is 19.5 Å². The number of likely N-dealkylation sites (N-methyl/N-ethyl adjacent to an activating group) is 1. The summed E-state index contributed by atoms with van der Waals surface area (Å²) in [5.74, 6) is 1.07. The van der Waals surface area contributed by atoms with E-state index in [1.807, 2.05) is 19.2 Å². The minimum atomic E-state index is -0.515. The number of nitro groups is 1. The Balaban J connectivity index is 2.10. The van der Waals surface area contributed by atoms with Gasteiger partial charge in [-0.15, -0.1) is 0 Å². The van der Waals surface area contributed by atoms with Crippen LogP contribution in [0.5, 0.6) is 11.5 Å². The quantitative estimate of drug-likeness (QED) is 0.541. The molecule has 1 amide bonds. The van der Waals surface area contributed by atoms with Gasteiger partial charge in [0, 0.05) is 17.7 Å². The van der Waals surface area contributed by atoms with Crippen molar-refractivity contribution in [1.29, 1.82) is 0 Å². The Morgan fingerprint density at radius 2 is 1.93 bits per heavy atom. The van der Waals surface area contributed by atoms with Crippen LogP contribution in [0.1, 0.15) is 12.5 Å². The number of hydrogen-bond donors (Lipinski definition) is 2. The molecule has 0 bridgehead atoms. The number of amides is 1. The van der Waals surface area contributed by atoms with Crippen molar-refractivity contribution < 1.29 is 24.1 Å². The van der Waals surface area contributed by atoms with Crippen molar-refractivity contribution in [2.75, 3.05) is 26.6 Å². The van der Waals surface area contributed by atoms with Gasteiger partial charge in [-0.2, -0.15) is 0 Å². The molecule has 2 rings (SSSR count). The van der Waals surface area contributed by atoms with Crippen LogP contribution in [0, 0.1) is 10.1 Å². The van der Waals surface area contributed by atoms with Crippen LogP contribution < -0.4 is 19.7 Å². The molecule has 0 aromatic heterocycles. The highest BCUT2D eigenvalue weighted by Crippen LogP contribution is 2.24. The predicted molar refractivity (Wildman–Crippen MR) is 101 cm³/mol. The number of nitrogens with one attached hydrogen (secondary N) is 2. The molecule has 27 heavy (non-hydrogen) atoms. The summed E-state index contributed by atoms with van der Waals surface area (Å²) in [5.41, 5.74) is 0.989. The fraction of sp³-hybridized carbons (Fsp3) is 0.316. The van der Waals surface area contributed by atoms with Crippen molar-refractivity contribution >= 4 is 17.3 Å². The van der Waals surface area contributed by atoms with Crippen LogP contribution in [0.25, 0.3) is 0 Å². The number of rotatable bonds is 8. The van der Waals surface area contributed by atoms with Gasteiger partial charge in [-0.3, -0.25) is 14.9 Å². The largest absolute Gasteiger partial charge is 0.497 e. The van der Waals surface area contributed by atoms with Crippen LogP contribution in [0.3, 0.4) is 0 Å². The van der Waals surface area contributed by atoms with Gasteiger partial charge in [0.25, 0.3) is 11.6 Å². The van der Waals surface area contributed by atoms with Crippen molar-refractivity contribution in [2.24, 2.45) is 0 Å². The Bertz CT molecular complexity index is 825. The Hall–Kier alpha value is -3.13. The zero-order valence-corrected chi connectivity index (χ0v) is 15.8. The number of para-hydroxylation sites is 2. The molecule has 0 saturated carbocycles. The van der Waals surface area contributed by atoms with Crippen molar-refractivity contribution in [3.8, 4) is 11.5 Å². The van der Waals surface area contributed by atoms with Crippen LogP contribution in [0.2, 0.25) is 0 Å². The first-order chi connectivity index (χ1) is 12.9. The lowest BCUT2D eigenvalue weighted by Crippen LogP contribution is -3.12. The van der Waals surface area contributed by atoms with E-state index in [2.05, 4.69) is 5.32 Å². The van der Waals surface area contributed by atoms with Gasteiger partial charge >= 0.3 is 0 Å². The zero-order chi connectivity index (χ0) is 20.0.